The van der Waals surface area contributed by atoms with Crippen molar-refractivity contribution in [2.75, 3.05) is 20.3 Å². The first kappa shape index (κ1) is 25.7. The summed E-state index contributed by atoms with van der Waals surface area (Å²) >= 11 is 0. The summed E-state index contributed by atoms with van der Waals surface area (Å²) in [6, 6.07) is 12.7. The second-order valence-corrected chi connectivity index (χ2v) is 5.92. The first-order valence-electron chi connectivity index (χ1n) is 9.42. The van der Waals surface area contributed by atoms with Crippen LogP contribution in [0.1, 0.15) is 25.0 Å². The third-order valence-electron chi connectivity index (χ3n) is 3.96. The van der Waals surface area contributed by atoms with E-state index in [0.717, 1.165) is 11.3 Å². The Kier molecular flexibility index (Phi) is 11.9. The number of nitrogens with zero attached hydrogens (tertiary/aromatic N) is 1. The van der Waals surface area contributed by atoms with E-state index in [1.54, 1.807) is 32.2 Å². The zero-order valence-electron chi connectivity index (χ0n) is 17.3. The number of methoxy groups -OCH3 is 1. The van der Waals surface area contributed by atoms with Gasteiger partial charge in [-0.15, -0.1) is 24.0 Å². The molecular formula is C21H28F2IN3O3. The molecule has 0 saturated heterocycles. The number of rotatable bonds is 10. The van der Waals surface area contributed by atoms with Crippen LogP contribution in [0.25, 0.3) is 0 Å². The molecule has 0 aliphatic rings. The van der Waals surface area contributed by atoms with Gasteiger partial charge in [0.15, 0.2) is 17.5 Å². The van der Waals surface area contributed by atoms with E-state index in [-0.39, 0.29) is 42.0 Å². The SMILES string of the molecule is CCNC(=NCc1cccc(OCC)c1OC(F)F)NCc1ccccc1OC.I. The van der Waals surface area contributed by atoms with E-state index in [1.165, 1.54) is 0 Å². The van der Waals surface area contributed by atoms with Crippen molar-refractivity contribution in [2.45, 2.75) is 33.5 Å². The molecule has 2 aromatic rings. The molecule has 0 bridgehead atoms. The lowest BCUT2D eigenvalue weighted by molar-refractivity contribution is -0.0520. The Bertz CT molecular complexity index is 807. The molecule has 30 heavy (non-hydrogen) atoms. The number of benzene rings is 2. The Morgan fingerprint density at radius 2 is 1.70 bits per heavy atom. The Hall–Kier alpha value is -2.30. The second kappa shape index (κ2) is 13.8. The first-order valence-corrected chi connectivity index (χ1v) is 9.42. The fraction of sp³-hybridized carbons (Fsp3) is 0.381. The second-order valence-electron chi connectivity index (χ2n) is 5.92. The van der Waals surface area contributed by atoms with Gasteiger partial charge in [-0.05, 0) is 26.0 Å². The molecule has 0 fully saturated rings. The highest BCUT2D eigenvalue weighted by Crippen LogP contribution is 2.33. The van der Waals surface area contributed by atoms with Crippen LogP contribution in [-0.2, 0) is 13.1 Å². The molecule has 0 aliphatic heterocycles. The highest BCUT2D eigenvalue weighted by Gasteiger charge is 2.15. The van der Waals surface area contributed by atoms with Crippen molar-refractivity contribution in [3.8, 4) is 17.2 Å². The fourth-order valence-electron chi connectivity index (χ4n) is 2.71. The maximum atomic E-state index is 12.9. The van der Waals surface area contributed by atoms with Crippen LogP contribution in [0.5, 0.6) is 17.2 Å². The predicted molar refractivity (Wildman–Crippen MR) is 124 cm³/mol. The topological polar surface area (TPSA) is 64.1 Å². The van der Waals surface area contributed by atoms with Crippen molar-refractivity contribution >= 4 is 29.9 Å². The molecule has 0 radical (unpaired) electrons. The van der Waals surface area contributed by atoms with Crippen molar-refractivity contribution in [2.24, 2.45) is 4.99 Å². The highest BCUT2D eigenvalue weighted by atomic mass is 127. The lowest BCUT2D eigenvalue weighted by Crippen LogP contribution is -2.36. The predicted octanol–water partition coefficient (Wildman–Crippen LogP) is 4.57. The van der Waals surface area contributed by atoms with Crippen LogP contribution in [0.3, 0.4) is 0 Å². The Morgan fingerprint density at radius 1 is 1.00 bits per heavy atom. The van der Waals surface area contributed by atoms with Gasteiger partial charge in [0.05, 0.1) is 20.3 Å². The van der Waals surface area contributed by atoms with E-state index in [4.69, 9.17) is 14.2 Å². The first-order chi connectivity index (χ1) is 14.1. The van der Waals surface area contributed by atoms with Crippen LogP contribution in [0.4, 0.5) is 8.78 Å². The third-order valence-corrected chi connectivity index (χ3v) is 3.96. The molecular weight excluding hydrogens is 507 g/mol. The standard InChI is InChI=1S/C21H27F2N3O3.HI/c1-4-24-21(25-13-15-9-6-7-11-17(15)27-3)26-14-16-10-8-12-18(28-5-2)19(16)29-20(22)23;/h6-12,20H,4-5,13-14H2,1-3H3,(H2,24,25,26);1H. The maximum Gasteiger partial charge on any atom is 0.387 e. The van der Waals surface area contributed by atoms with Crippen molar-refractivity contribution in [1.29, 1.82) is 0 Å². The molecule has 0 aliphatic carbocycles. The van der Waals surface area contributed by atoms with Crippen LogP contribution >= 0.6 is 24.0 Å². The molecule has 2 N–H and O–H groups in total. The quantitative estimate of drug-likeness (QED) is 0.265. The number of halogens is 3. The molecule has 9 heteroatoms. The Balaban J connectivity index is 0.00000450. The molecule has 0 heterocycles. The Labute approximate surface area is 193 Å². The van der Waals surface area contributed by atoms with Gasteiger partial charge in [-0.2, -0.15) is 8.78 Å². The number of alkyl halides is 2. The summed E-state index contributed by atoms with van der Waals surface area (Å²) in [6.07, 6.45) is 0. The average Bonchev–Trinajstić information content (AvgIpc) is 2.72. The van der Waals surface area contributed by atoms with Gasteiger partial charge >= 0.3 is 6.61 Å². The van der Waals surface area contributed by atoms with Gasteiger partial charge in [0, 0.05) is 24.2 Å². The number of para-hydroxylation sites is 2. The summed E-state index contributed by atoms with van der Waals surface area (Å²) in [5, 5.41) is 6.36. The van der Waals surface area contributed by atoms with Crippen molar-refractivity contribution in [3.63, 3.8) is 0 Å². The number of hydrogen-bond acceptors (Lipinski definition) is 4. The van der Waals surface area contributed by atoms with Crippen LogP contribution in [0, 0.1) is 0 Å². The molecule has 0 spiro atoms. The molecule has 0 saturated carbocycles. The molecule has 0 aromatic heterocycles. The van der Waals surface area contributed by atoms with E-state index in [9.17, 15) is 8.78 Å². The van der Waals surface area contributed by atoms with Crippen LogP contribution in [0.2, 0.25) is 0 Å². The number of aliphatic imine (C=N–C) groups is 1. The fourth-order valence-corrected chi connectivity index (χ4v) is 2.71. The summed E-state index contributed by atoms with van der Waals surface area (Å²) in [7, 11) is 1.62. The van der Waals surface area contributed by atoms with Crippen molar-refractivity contribution < 1.29 is 23.0 Å². The minimum absolute atomic E-state index is 0. The van der Waals surface area contributed by atoms with Gasteiger partial charge in [0.2, 0.25) is 0 Å². The van der Waals surface area contributed by atoms with Gasteiger partial charge in [-0.3, -0.25) is 0 Å². The van der Waals surface area contributed by atoms with Crippen molar-refractivity contribution in [3.05, 3.63) is 53.6 Å². The van der Waals surface area contributed by atoms with Gasteiger partial charge in [-0.1, -0.05) is 30.3 Å². The summed E-state index contributed by atoms with van der Waals surface area (Å²) in [5.74, 6) is 1.59. The number of ether oxygens (including phenoxy) is 3. The lowest BCUT2D eigenvalue weighted by Gasteiger charge is -2.16. The summed E-state index contributed by atoms with van der Waals surface area (Å²) in [4.78, 5) is 4.50. The van der Waals surface area contributed by atoms with E-state index < -0.39 is 6.61 Å². The molecule has 0 unspecified atom stereocenters. The van der Waals surface area contributed by atoms with Gasteiger partial charge in [-0.25, -0.2) is 4.99 Å². The molecule has 6 nitrogen and oxygen atoms in total. The van der Waals surface area contributed by atoms with Crippen molar-refractivity contribution in [1.82, 2.24) is 10.6 Å². The molecule has 0 amide bonds. The van der Waals surface area contributed by atoms with Crippen LogP contribution in [-0.4, -0.2) is 32.8 Å². The van der Waals surface area contributed by atoms with Crippen LogP contribution in [0.15, 0.2) is 47.5 Å². The minimum Gasteiger partial charge on any atom is -0.496 e. The van der Waals surface area contributed by atoms with E-state index >= 15 is 0 Å². The monoisotopic (exact) mass is 535 g/mol. The smallest absolute Gasteiger partial charge is 0.387 e. The molecule has 2 rings (SSSR count). The van der Waals surface area contributed by atoms with Gasteiger partial charge in [0.25, 0.3) is 0 Å². The summed E-state index contributed by atoms with van der Waals surface area (Å²) in [5.41, 5.74) is 1.48. The average molecular weight is 535 g/mol. The highest BCUT2D eigenvalue weighted by molar-refractivity contribution is 14.0. The van der Waals surface area contributed by atoms with E-state index in [0.29, 0.717) is 31.2 Å². The van der Waals surface area contributed by atoms with E-state index in [2.05, 4.69) is 15.6 Å². The molecule has 166 valence electrons. The molecule has 0 atom stereocenters. The normalized spacial score (nSPS) is 10.9. The zero-order chi connectivity index (χ0) is 21.1. The lowest BCUT2D eigenvalue weighted by atomic mass is 10.2. The number of guanidine groups is 1. The number of hydrogen-bond donors (Lipinski definition) is 2. The summed E-state index contributed by atoms with van der Waals surface area (Å²) < 4.78 is 41.2. The minimum atomic E-state index is -2.95. The molecule has 2 aromatic carbocycles. The van der Waals surface area contributed by atoms with Crippen LogP contribution < -0.4 is 24.8 Å². The Morgan fingerprint density at radius 3 is 2.37 bits per heavy atom. The number of nitrogens with one attached hydrogen (secondary N) is 2. The van der Waals surface area contributed by atoms with E-state index in [1.807, 2.05) is 31.2 Å². The summed E-state index contributed by atoms with van der Waals surface area (Å²) in [6.45, 7) is 2.41. The zero-order valence-corrected chi connectivity index (χ0v) is 19.6. The largest absolute Gasteiger partial charge is 0.496 e. The van der Waals surface area contributed by atoms with Gasteiger partial charge < -0.3 is 24.8 Å². The van der Waals surface area contributed by atoms with Gasteiger partial charge in [0.1, 0.15) is 5.75 Å². The third kappa shape index (κ3) is 7.85. The maximum absolute atomic E-state index is 12.9.